The lowest BCUT2D eigenvalue weighted by atomic mass is 10.1. The Morgan fingerprint density at radius 3 is 2.83 bits per heavy atom. The van der Waals surface area contributed by atoms with E-state index in [4.69, 9.17) is 0 Å². The van der Waals surface area contributed by atoms with Crippen molar-refractivity contribution in [3.05, 3.63) is 57.6 Å². The molecular formula is C14H17N3O. The van der Waals surface area contributed by atoms with Gasteiger partial charge in [0.15, 0.2) is 0 Å². The van der Waals surface area contributed by atoms with Crippen LogP contribution in [0.15, 0.2) is 35.1 Å². The third kappa shape index (κ3) is 3.45. The molecule has 0 aliphatic carbocycles. The van der Waals surface area contributed by atoms with Crippen molar-refractivity contribution >= 4 is 5.82 Å². The van der Waals surface area contributed by atoms with E-state index in [0.29, 0.717) is 11.6 Å². The second-order valence-electron chi connectivity index (χ2n) is 4.38. The highest BCUT2D eigenvalue weighted by Crippen LogP contribution is 2.05. The van der Waals surface area contributed by atoms with Crippen LogP contribution in [0.4, 0.5) is 5.82 Å². The molecule has 0 aliphatic rings. The van der Waals surface area contributed by atoms with Gasteiger partial charge >= 0.3 is 0 Å². The van der Waals surface area contributed by atoms with E-state index < -0.39 is 0 Å². The summed E-state index contributed by atoms with van der Waals surface area (Å²) < 4.78 is 0. The zero-order valence-electron chi connectivity index (χ0n) is 10.7. The van der Waals surface area contributed by atoms with Crippen LogP contribution in [-0.2, 0) is 6.42 Å². The van der Waals surface area contributed by atoms with Crippen LogP contribution < -0.4 is 10.9 Å². The average Bonchev–Trinajstić information content (AvgIpc) is 2.27. The van der Waals surface area contributed by atoms with Gasteiger partial charge in [-0.15, -0.1) is 0 Å². The van der Waals surface area contributed by atoms with Crippen LogP contribution in [0.5, 0.6) is 0 Å². The van der Waals surface area contributed by atoms with E-state index >= 15 is 0 Å². The summed E-state index contributed by atoms with van der Waals surface area (Å²) in [6, 6.07) is 9.88. The summed E-state index contributed by atoms with van der Waals surface area (Å²) in [7, 11) is 0. The van der Waals surface area contributed by atoms with E-state index in [0.717, 1.165) is 13.0 Å². The van der Waals surface area contributed by atoms with Crippen molar-refractivity contribution in [2.75, 3.05) is 11.9 Å². The summed E-state index contributed by atoms with van der Waals surface area (Å²) in [4.78, 5) is 18.1. The van der Waals surface area contributed by atoms with Gasteiger partial charge in [-0.3, -0.25) is 4.79 Å². The van der Waals surface area contributed by atoms with Crippen LogP contribution in [-0.4, -0.2) is 16.5 Å². The minimum Gasteiger partial charge on any atom is -0.370 e. The van der Waals surface area contributed by atoms with E-state index in [2.05, 4.69) is 46.5 Å². The van der Waals surface area contributed by atoms with Crippen LogP contribution in [0.3, 0.4) is 0 Å². The minimum absolute atomic E-state index is 0.124. The van der Waals surface area contributed by atoms with Crippen LogP contribution in [0.25, 0.3) is 0 Å². The maximum absolute atomic E-state index is 11.3. The fraction of sp³-hybridized carbons (Fsp3) is 0.286. The molecular weight excluding hydrogens is 226 g/mol. The first-order valence-corrected chi connectivity index (χ1v) is 6.01. The molecule has 2 N–H and O–H groups in total. The molecule has 0 bridgehead atoms. The van der Waals surface area contributed by atoms with Gasteiger partial charge in [-0.2, -0.15) is 0 Å². The predicted molar refractivity (Wildman–Crippen MR) is 73.0 cm³/mol. The smallest absolute Gasteiger partial charge is 0.252 e. The van der Waals surface area contributed by atoms with Crippen LogP contribution in [0.1, 0.15) is 17.0 Å². The minimum atomic E-state index is -0.124. The number of aromatic nitrogens is 2. The number of aromatic amines is 1. The normalized spacial score (nSPS) is 10.3. The van der Waals surface area contributed by atoms with Gasteiger partial charge < -0.3 is 10.3 Å². The van der Waals surface area contributed by atoms with Gasteiger partial charge in [0.2, 0.25) is 0 Å². The Labute approximate surface area is 106 Å². The van der Waals surface area contributed by atoms with E-state index in [1.807, 2.05) is 0 Å². The average molecular weight is 243 g/mol. The maximum atomic E-state index is 11.3. The molecule has 0 saturated heterocycles. The highest BCUT2D eigenvalue weighted by molar-refractivity contribution is 5.33. The lowest BCUT2D eigenvalue weighted by Gasteiger charge is -2.06. The summed E-state index contributed by atoms with van der Waals surface area (Å²) in [6.07, 6.45) is 0.912. The number of benzene rings is 1. The number of anilines is 1. The molecule has 4 nitrogen and oxygen atoms in total. The third-order valence-electron chi connectivity index (χ3n) is 2.66. The summed E-state index contributed by atoms with van der Waals surface area (Å²) in [5.74, 6) is 1.25. The molecule has 0 aliphatic heterocycles. The zero-order valence-corrected chi connectivity index (χ0v) is 10.7. The second kappa shape index (κ2) is 5.49. The Balaban J connectivity index is 1.94. The molecule has 1 aromatic heterocycles. The number of aryl methyl sites for hydroxylation is 2. The molecule has 94 valence electrons. The van der Waals surface area contributed by atoms with Crippen molar-refractivity contribution < 1.29 is 0 Å². The molecule has 0 atom stereocenters. The Morgan fingerprint density at radius 1 is 1.28 bits per heavy atom. The van der Waals surface area contributed by atoms with Crippen molar-refractivity contribution in [1.29, 1.82) is 0 Å². The topological polar surface area (TPSA) is 57.8 Å². The number of hydrogen-bond donors (Lipinski definition) is 2. The monoisotopic (exact) mass is 243 g/mol. The van der Waals surface area contributed by atoms with Gasteiger partial charge in [0.25, 0.3) is 5.56 Å². The van der Waals surface area contributed by atoms with Gasteiger partial charge in [0, 0.05) is 12.6 Å². The molecule has 1 aromatic carbocycles. The summed E-state index contributed by atoms with van der Waals surface area (Å²) >= 11 is 0. The van der Waals surface area contributed by atoms with Crippen molar-refractivity contribution in [3.63, 3.8) is 0 Å². The van der Waals surface area contributed by atoms with Gasteiger partial charge in [-0.1, -0.05) is 29.8 Å². The molecule has 4 heteroatoms. The Kier molecular flexibility index (Phi) is 3.77. The largest absolute Gasteiger partial charge is 0.370 e. The van der Waals surface area contributed by atoms with Crippen molar-refractivity contribution in [2.45, 2.75) is 20.3 Å². The van der Waals surface area contributed by atoms with Gasteiger partial charge in [-0.05, 0) is 25.8 Å². The zero-order chi connectivity index (χ0) is 13.0. The van der Waals surface area contributed by atoms with E-state index in [9.17, 15) is 4.79 Å². The number of nitrogens with one attached hydrogen (secondary N) is 2. The first kappa shape index (κ1) is 12.4. The Hall–Kier alpha value is -2.10. The van der Waals surface area contributed by atoms with Crippen LogP contribution in [0, 0.1) is 13.8 Å². The molecule has 18 heavy (non-hydrogen) atoms. The summed E-state index contributed by atoms with van der Waals surface area (Å²) in [5.41, 5.74) is 2.42. The van der Waals surface area contributed by atoms with Crippen LogP contribution >= 0.6 is 0 Å². The second-order valence-corrected chi connectivity index (χ2v) is 4.38. The fourth-order valence-electron chi connectivity index (χ4n) is 1.87. The van der Waals surface area contributed by atoms with Gasteiger partial charge in [0.05, 0.1) is 0 Å². The Morgan fingerprint density at radius 2 is 2.11 bits per heavy atom. The highest BCUT2D eigenvalue weighted by Gasteiger charge is 1.98. The first-order chi connectivity index (χ1) is 8.63. The van der Waals surface area contributed by atoms with Gasteiger partial charge in [0.1, 0.15) is 11.6 Å². The van der Waals surface area contributed by atoms with Crippen molar-refractivity contribution in [2.24, 2.45) is 0 Å². The quantitative estimate of drug-likeness (QED) is 0.864. The Bertz CT molecular complexity index is 590. The SMILES string of the molecule is Cc1cccc(CCNc2cc(=O)[nH]c(C)n2)c1. The molecule has 1 heterocycles. The number of rotatable bonds is 4. The van der Waals surface area contributed by atoms with Crippen molar-refractivity contribution in [3.8, 4) is 0 Å². The van der Waals surface area contributed by atoms with E-state index in [1.54, 1.807) is 6.92 Å². The molecule has 0 spiro atoms. The molecule has 2 aromatic rings. The lowest BCUT2D eigenvalue weighted by molar-refractivity contribution is 0.968. The molecule has 0 unspecified atom stereocenters. The predicted octanol–water partition coefficient (Wildman–Crippen LogP) is 2.04. The van der Waals surface area contributed by atoms with Crippen molar-refractivity contribution in [1.82, 2.24) is 9.97 Å². The lowest BCUT2D eigenvalue weighted by Crippen LogP contribution is -2.13. The van der Waals surface area contributed by atoms with Crippen LogP contribution in [0.2, 0.25) is 0 Å². The first-order valence-electron chi connectivity index (χ1n) is 6.01. The number of hydrogen-bond acceptors (Lipinski definition) is 3. The molecule has 0 fully saturated rings. The molecule has 2 rings (SSSR count). The van der Waals surface area contributed by atoms with E-state index in [-0.39, 0.29) is 5.56 Å². The summed E-state index contributed by atoms with van der Waals surface area (Å²) in [5, 5.41) is 3.16. The molecule has 0 radical (unpaired) electrons. The number of H-pyrrole nitrogens is 1. The maximum Gasteiger partial charge on any atom is 0.252 e. The standard InChI is InChI=1S/C14H17N3O/c1-10-4-3-5-12(8-10)6-7-15-13-9-14(18)17-11(2)16-13/h3-5,8-9H,6-7H2,1-2H3,(H2,15,16,17,18). The molecule has 0 amide bonds. The number of nitrogens with zero attached hydrogens (tertiary/aromatic N) is 1. The fourth-order valence-corrected chi connectivity index (χ4v) is 1.87. The molecule has 0 saturated carbocycles. The van der Waals surface area contributed by atoms with Gasteiger partial charge in [-0.25, -0.2) is 4.98 Å². The summed E-state index contributed by atoms with van der Waals surface area (Å²) in [6.45, 7) is 4.62. The van der Waals surface area contributed by atoms with E-state index in [1.165, 1.54) is 17.2 Å². The highest BCUT2D eigenvalue weighted by atomic mass is 16.1. The third-order valence-corrected chi connectivity index (χ3v) is 2.66.